The first-order chi connectivity index (χ1) is 8.29. The molecule has 0 aliphatic heterocycles. The van der Waals surface area contributed by atoms with Crippen molar-refractivity contribution in [2.75, 3.05) is 7.11 Å². The predicted octanol–water partition coefficient (Wildman–Crippen LogP) is 2.03. The number of hydrogen-bond donors (Lipinski definition) is 0. The molecule has 0 aromatic carbocycles. The standard InChI is InChI=1S/C12H10N2O3/c1-16-12(15)10-8-17-11(14-10)3-2-9-4-6-13-7-5-9/h2-8H,1H3/b3-2+. The number of rotatable bonds is 3. The molecule has 17 heavy (non-hydrogen) atoms. The van der Waals surface area contributed by atoms with Crippen molar-refractivity contribution in [2.45, 2.75) is 0 Å². The molecule has 0 amide bonds. The highest BCUT2D eigenvalue weighted by atomic mass is 16.5. The molecule has 0 N–H and O–H groups in total. The van der Waals surface area contributed by atoms with Gasteiger partial charge in [-0.1, -0.05) is 0 Å². The van der Waals surface area contributed by atoms with Crippen LogP contribution < -0.4 is 0 Å². The number of ether oxygens (including phenoxy) is 1. The van der Waals surface area contributed by atoms with Gasteiger partial charge in [-0.25, -0.2) is 9.78 Å². The molecule has 2 aromatic rings. The molecule has 5 nitrogen and oxygen atoms in total. The van der Waals surface area contributed by atoms with Crippen LogP contribution in [0.25, 0.3) is 12.2 Å². The molecular formula is C12H10N2O3. The van der Waals surface area contributed by atoms with Crippen LogP contribution in [0.3, 0.4) is 0 Å². The highest BCUT2D eigenvalue weighted by molar-refractivity contribution is 5.87. The Morgan fingerprint density at radius 2 is 2.12 bits per heavy atom. The zero-order valence-corrected chi connectivity index (χ0v) is 9.16. The summed E-state index contributed by atoms with van der Waals surface area (Å²) in [5.41, 5.74) is 1.12. The van der Waals surface area contributed by atoms with Gasteiger partial charge in [-0.3, -0.25) is 4.98 Å². The highest BCUT2D eigenvalue weighted by Crippen LogP contribution is 2.08. The first-order valence-electron chi connectivity index (χ1n) is 4.91. The Morgan fingerprint density at radius 3 is 2.82 bits per heavy atom. The van der Waals surface area contributed by atoms with E-state index >= 15 is 0 Å². The van der Waals surface area contributed by atoms with Crippen molar-refractivity contribution in [1.29, 1.82) is 0 Å². The Morgan fingerprint density at radius 1 is 1.35 bits per heavy atom. The van der Waals surface area contributed by atoms with Gasteiger partial charge < -0.3 is 9.15 Å². The Bertz CT molecular complexity index is 532. The fourth-order valence-electron chi connectivity index (χ4n) is 1.20. The summed E-state index contributed by atoms with van der Waals surface area (Å²) in [6.07, 6.45) is 8.12. The third kappa shape index (κ3) is 2.78. The first-order valence-corrected chi connectivity index (χ1v) is 4.91. The normalized spacial score (nSPS) is 10.6. The molecule has 5 heteroatoms. The molecule has 0 bridgehead atoms. The molecule has 0 radical (unpaired) electrons. The van der Waals surface area contributed by atoms with Crippen LogP contribution in [0.15, 0.2) is 35.2 Å². The van der Waals surface area contributed by atoms with Crippen LogP contribution in [-0.2, 0) is 4.74 Å². The number of esters is 1. The summed E-state index contributed by atoms with van der Waals surface area (Å²) in [5, 5.41) is 0. The van der Waals surface area contributed by atoms with E-state index in [9.17, 15) is 4.79 Å². The zero-order valence-electron chi connectivity index (χ0n) is 9.16. The summed E-state index contributed by atoms with van der Waals surface area (Å²) in [4.78, 5) is 19.0. The summed E-state index contributed by atoms with van der Waals surface area (Å²) < 4.78 is 9.61. The molecule has 0 aliphatic carbocycles. The zero-order chi connectivity index (χ0) is 12.1. The Labute approximate surface area is 97.8 Å². The van der Waals surface area contributed by atoms with Gasteiger partial charge in [0.25, 0.3) is 0 Å². The predicted molar refractivity (Wildman–Crippen MR) is 61.0 cm³/mol. The maximum atomic E-state index is 11.1. The van der Waals surface area contributed by atoms with Crippen molar-refractivity contribution >= 4 is 18.1 Å². The van der Waals surface area contributed by atoms with E-state index in [4.69, 9.17) is 4.42 Å². The van der Waals surface area contributed by atoms with Crippen molar-refractivity contribution in [3.8, 4) is 0 Å². The number of aromatic nitrogens is 2. The van der Waals surface area contributed by atoms with Gasteiger partial charge in [0.1, 0.15) is 6.26 Å². The SMILES string of the molecule is COC(=O)c1coc(/C=C/c2ccncc2)n1. The van der Waals surface area contributed by atoms with Gasteiger partial charge >= 0.3 is 5.97 Å². The van der Waals surface area contributed by atoms with E-state index in [1.807, 2.05) is 18.2 Å². The van der Waals surface area contributed by atoms with Gasteiger partial charge in [-0.15, -0.1) is 0 Å². The molecule has 0 aliphatic rings. The van der Waals surface area contributed by atoms with E-state index in [2.05, 4.69) is 14.7 Å². The van der Waals surface area contributed by atoms with E-state index in [1.165, 1.54) is 13.4 Å². The quantitative estimate of drug-likeness (QED) is 0.755. The smallest absolute Gasteiger partial charge is 0.360 e. The molecule has 2 heterocycles. The average molecular weight is 230 g/mol. The summed E-state index contributed by atoms with van der Waals surface area (Å²) >= 11 is 0. The average Bonchev–Trinajstić information content (AvgIpc) is 2.85. The third-order valence-corrected chi connectivity index (χ3v) is 2.04. The molecule has 2 rings (SSSR count). The lowest BCUT2D eigenvalue weighted by Crippen LogP contribution is -2.00. The summed E-state index contributed by atoms with van der Waals surface area (Å²) in [5.74, 6) is -0.167. The molecule has 86 valence electrons. The van der Waals surface area contributed by atoms with Gasteiger partial charge in [-0.05, 0) is 23.8 Å². The maximum Gasteiger partial charge on any atom is 0.360 e. The number of carbonyl (C=O) groups excluding carboxylic acids is 1. The fourth-order valence-corrected chi connectivity index (χ4v) is 1.20. The Hall–Kier alpha value is -2.43. The summed E-state index contributed by atoms with van der Waals surface area (Å²) in [6.45, 7) is 0. The van der Waals surface area contributed by atoms with Crippen LogP contribution in [0.4, 0.5) is 0 Å². The largest absolute Gasteiger partial charge is 0.464 e. The molecule has 0 atom stereocenters. The number of carbonyl (C=O) groups is 1. The van der Waals surface area contributed by atoms with E-state index in [0.717, 1.165) is 5.56 Å². The second-order valence-electron chi connectivity index (χ2n) is 3.18. The highest BCUT2D eigenvalue weighted by Gasteiger charge is 2.10. The number of pyridine rings is 1. The Balaban J connectivity index is 2.12. The molecule has 0 unspecified atom stereocenters. The molecule has 0 fully saturated rings. The minimum atomic E-state index is -0.516. The van der Waals surface area contributed by atoms with E-state index in [-0.39, 0.29) is 5.69 Å². The van der Waals surface area contributed by atoms with Gasteiger partial charge in [0.05, 0.1) is 7.11 Å². The summed E-state index contributed by atoms with van der Waals surface area (Å²) in [7, 11) is 1.30. The number of oxazole rings is 1. The number of methoxy groups -OCH3 is 1. The third-order valence-electron chi connectivity index (χ3n) is 2.04. The lowest BCUT2D eigenvalue weighted by Gasteiger charge is -1.89. The lowest BCUT2D eigenvalue weighted by atomic mass is 10.2. The number of hydrogen-bond acceptors (Lipinski definition) is 5. The molecule has 2 aromatic heterocycles. The van der Waals surface area contributed by atoms with E-state index in [0.29, 0.717) is 5.89 Å². The second kappa shape index (κ2) is 5.07. The molecule has 0 saturated heterocycles. The van der Waals surface area contributed by atoms with Crippen LogP contribution in [0.1, 0.15) is 21.9 Å². The van der Waals surface area contributed by atoms with Crippen molar-refractivity contribution in [1.82, 2.24) is 9.97 Å². The first kappa shape index (κ1) is 11.1. The van der Waals surface area contributed by atoms with Crippen LogP contribution in [0.5, 0.6) is 0 Å². The van der Waals surface area contributed by atoms with Crippen molar-refractivity contribution in [3.63, 3.8) is 0 Å². The summed E-state index contributed by atoms with van der Waals surface area (Å²) in [6, 6.07) is 3.70. The molecule has 0 spiro atoms. The fraction of sp³-hybridized carbons (Fsp3) is 0.0833. The topological polar surface area (TPSA) is 65.2 Å². The van der Waals surface area contributed by atoms with Crippen LogP contribution in [0.2, 0.25) is 0 Å². The minimum absolute atomic E-state index is 0.155. The number of nitrogens with zero attached hydrogens (tertiary/aromatic N) is 2. The van der Waals surface area contributed by atoms with Crippen molar-refractivity contribution in [3.05, 3.63) is 47.9 Å². The maximum absolute atomic E-state index is 11.1. The van der Waals surface area contributed by atoms with Crippen LogP contribution >= 0.6 is 0 Å². The lowest BCUT2D eigenvalue weighted by molar-refractivity contribution is 0.0594. The van der Waals surface area contributed by atoms with Gasteiger partial charge in [-0.2, -0.15) is 0 Å². The van der Waals surface area contributed by atoms with Gasteiger partial charge in [0, 0.05) is 18.5 Å². The second-order valence-corrected chi connectivity index (χ2v) is 3.18. The van der Waals surface area contributed by atoms with Crippen molar-refractivity contribution < 1.29 is 13.9 Å². The monoisotopic (exact) mass is 230 g/mol. The minimum Gasteiger partial charge on any atom is -0.464 e. The molecular weight excluding hydrogens is 220 g/mol. The van der Waals surface area contributed by atoms with Gasteiger partial charge in [0.15, 0.2) is 5.69 Å². The van der Waals surface area contributed by atoms with Crippen LogP contribution in [0, 0.1) is 0 Å². The van der Waals surface area contributed by atoms with Gasteiger partial charge in [0.2, 0.25) is 5.89 Å². The Kier molecular flexibility index (Phi) is 3.30. The van der Waals surface area contributed by atoms with E-state index < -0.39 is 5.97 Å². The molecule has 0 saturated carbocycles. The van der Waals surface area contributed by atoms with E-state index in [1.54, 1.807) is 18.5 Å². The van der Waals surface area contributed by atoms with Crippen molar-refractivity contribution in [2.24, 2.45) is 0 Å². The van der Waals surface area contributed by atoms with Crippen LogP contribution in [-0.4, -0.2) is 23.0 Å².